The SMILES string of the molecule is CCCn1nccc1C(NN)c1c(F)ccc(C)c1F. The van der Waals surface area contributed by atoms with Crippen molar-refractivity contribution in [1.82, 2.24) is 15.2 Å². The lowest BCUT2D eigenvalue weighted by atomic mass is 10.00. The summed E-state index contributed by atoms with van der Waals surface area (Å²) in [7, 11) is 0. The number of aryl methyl sites for hydroxylation is 2. The molecule has 0 aliphatic heterocycles. The molecule has 1 aromatic heterocycles. The summed E-state index contributed by atoms with van der Waals surface area (Å²) >= 11 is 0. The van der Waals surface area contributed by atoms with Gasteiger partial charge in [0.15, 0.2) is 0 Å². The Morgan fingerprint density at radius 1 is 1.35 bits per heavy atom. The molecule has 1 heterocycles. The van der Waals surface area contributed by atoms with E-state index >= 15 is 0 Å². The zero-order valence-electron chi connectivity index (χ0n) is 11.5. The molecule has 3 N–H and O–H groups in total. The first-order valence-electron chi connectivity index (χ1n) is 6.52. The van der Waals surface area contributed by atoms with Crippen molar-refractivity contribution in [1.29, 1.82) is 0 Å². The average molecular weight is 280 g/mol. The fourth-order valence-corrected chi connectivity index (χ4v) is 2.25. The Balaban J connectivity index is 2.53. The molecular weight excluding hydrogens is 262 g/mol. The number of rotatable bonds is 5. The number of nitrogens with zero attached hydrogens (tertiary/aromatic N) is 2. The summed E-state index contributed by atoms with van der Waals surface area (Å²) in [6.07, 6.45) is 2.46. The first-order chi connectivity index (χ1) is 9.60. The Morgan fingerprint density at radius 2 is 2.10 bits per heavy atom. The molecule has 0 saturated heterocycles. The van der Waals surface area contributed by atoms with E-state index in [1.165, 1.54) is 12.1 Å². The quantitative estimate of drug-likeness (QED) is 0.653. The van der Waals surface area contributed by atoms with Crippen LogP contribution in [-0.2, 0) is 6.54 Å². The van der Waals surface area contributed by atoms with Crippen LogP contribution >= 0.6 is 0 Å². The second-order valence-electron chi connectivity index (χ2n) is 4.67. The predicted octanol–water partition coefficient (Wildman–Crippen LogP) is 2.43. The molecule has 1 unspecified atom stereocenters. The van der Waals surface area contributed by atoms with Crippen molar-refractivity contribution in [2.75, 3.05) is 0 Å². The number of nitrogens with one attached hydrogen (secondary N) is 1. The highest BCUT2D eigenvalue weighted by Gasteiger charge is 2.24. The minimum Gasteiger partial charge on any atom is -0.271 e. The maximum Gasteiger partial charge on any atom is 0.134 e. The molecule has 1 atom stereocenters. The Kier molecular flexibility index (Phi) is 4.46. The number of aromatic nitrogens is 2. The van der Waals surface area contributed by atoms with E-state index in [2.05, 4.69) is 10.5 Å². The maximum atomic E-state index is 14.2. The lowest BCUT2D eigenvalue weighted by Gasteiger charge is -2.20. The third-order valence-electron chi connectivity index (χ3n) is 3.26. The van der Waals surface area contributed by atoms with E-state index in [-0.39, 0.29) is 5.56 Å². The number of hydrazine groups is 1. The molecule has 0 saturated carbocycles. The van der Waals surface area contributed by atoms with Gasteiger partial charge in [0.2, 0.25) is 0 Å². The number of benzene rings is 1. The lowest BCUT2D eigenvalue weighted by Crippen LogP contribution is -2.32. The van der Waals surface area contributed by atoms with Crippen LogP contribution in [0.1, 0.15) is 36.2 Å². The molecule has 20 heavy (non-hydrogen) atoms. The van der Waals surface area contributed by atoms with Gasteiger partial charge >= 0.3 is 0 Å². The van der Waals surface area contributed by atoms with Gasteiger partial charge in [0.05, 0.1) is 11.7 Å². The summed E-state index contributed by atoms with van der Waals surface area (Å²) in [6, 6.07) is 3.59. The molecule has 0 spiro atoms. The number of nitrogens with two attached hydrogens (primary N) is 1. The number of halogens is 2. The minimum absolute atomic E-state index is 0.0784. The van der Waals surface area contributed by atoms with E-state index in [1.807, 2.05) is 6.92 Å². The van der Waals surface area contributed by atoms with Crippen molar-refractivity contribution in [3.05, 3.63) is 52.9 Å². The Labute approximate surface area is 116 Å². The molecule has 2 aromatic rings. The van der Waals surface area contributed by atoms with Crippen molar-refractivity contribution < 1.29 is 8.78 Å². The smallest absolute Gasteiger partial charge is 0.134 e. The second-order valence-corrected chi connectivity index (χ2v) is 4.67. The fourth-order valence-electron chi connectivity index (χ4n) is 2.25. The van der Waals surface area contributed by atoms with Crippen LogP contribution in [-0.4, -0.2) is 9.78 Å². The van der Waals surface area contributed by atoms with Crippen molar-refractivity contribution >= 4 is 0 Å². The molecular formula is C14H18F2N4. The van der Waals surface area contributed by atoms with Gasteiger partial charge in [0.1, 0.15) is 11.6 Å². The molecule has 0 aliphatic carbocycles. The van der Waals surface area contributed by atoms with Crippen LogP contribution in [0.4, 0.5) is 8.78 Å². The van der Waals surface area contributed by atoms with Crippen molar-refractivity contribution in [2.45, 2.75) is 32.9 Å². The molecule has 0 bridgehead atoms. The first-order valence-corrected chi connectivity index (χ1v) is 6.52. The van der Waals surface area contributed by atoms with E-state index < -0.39 is 17.7 Å². The van der Waals surface area contributed by atoms with Gasteiger partial charge in [-0.05, 0) is 31.0 Å². The Hall–Kier alpha value is -1.79. The monoisotopic (exact) mass is 280 g/mol. The van der Waals surface area contributed by atoms with Gasteiger partial charge in [-0.3, -0.25) is 10.5 Å². The molecule has 0 fully saturated rings. The topological polar surface area (TPSA) is 55.9 Å². The van der Waals surface area contributed by atoms with Gasteiger partial charge < -0.3 is 0 Å². The third kappa shape index (κ3) is 2.57. The zero-order chi connectivity index (χ0) is 14.7. The molecule has 0 radical (unpaired) electrons. The highest BCUT2D eigenvalue weighted by molar-refractivity contribution is 5.34. The van der Waals surface area contributed by atoms with Gasteiger partial charge in [-0.25, -0.2) is 14.2 Å². The predicted molar refractivity (Wildman–Crippen MR) is 72.8 cm³/mol. The van der Waals surface area contributed by atoms with E-state index in [1.54, 1.807) is 23.9 Å². The van der Waals surface area contributed by atoms with Crippen LogP contribution in [0.15, 0.2) is 24.4 Å². The standard InChI is InChI=1S/C14H18F2N4/c1-3-8-20-11(6-7-18-20)14(19-17)12-10(15)5-4-9(2)13(12)16/h4-7,14,19H,3,8,17H2,1-2H3. The summed E-state index contributed by atoms with van der Waals surface area (Å²) in [5, 5.41) is 4.16. The fraction of sp³-hybridized carbons (Fsp3) is 0.357. The van der Waals surface area contributed by atoms with Crippen molar-refractivity contribution in [2.24, 2.45) is 5.84 Å². The van der Waals surface area contributed by atoms with Gasteiger partial charge in [0, 0.05) is 18.3 Å². The summed E-state index contributed by atoms with van der Waals surface area (Å²) in [5.74, 6) is 4.31. The molecule has 2 rings (SSSR count). The van der Waals surface area contributed by atoms with Gasteiger partial charge in [-0.15, -0.1) is 0 Å². The zero-order valence-corrected chi connectivity index (χ0v) is 11.5. The largest absolute Gasteiger partial charge is 0.271 e. The molecule has 108 valence electrons. The van der Waals surface area contributed by atoms with Gasteiger partial charge in [-0.2, -0.15) is 5.10 Å². The minimum atomic E-state index is -0.774. The summed E-state index contributed by atoms with van der Waals surface area (Å²) in [5.41, 5.74) is 3.42. The van der Waals surface area contributed by atoms with Crippen LogP contribution in [0.3, 0.4) is 0 Å². The third-order valence-corrected chi connectivity index (χ3v) is 3.26. The Bertz CT molecular complexity index is 595. The van der Waals surface area contributed by atoms with E-state index in [0.717, 1.165) is 6.42 Å². The highest BCUT2D eigenvalue weighted by Crippen LogP contribution is 2.28. The van der Waals surface area contributed by atoms with Crippen LogP contribution in [0.2, 0.25) is 0 Å². The summed E-state index contributed by atoms with van der Waals surface area (Å²) in [6.45, 7) is 4.26. The van der Waals surface area contributed by atoms with Crippen LogP contribution in [0.5, 0.6) is 0 Å². The van der Waals surface area contributed by atoms with Crippen LogP contribution in [0, 0.1) is 18.6 Å². The molecule has 1 aromatic carbocycles. The van der Waals surface area contributed by atoms with E-state index in [4.69, 9.17) is 5.84 Å². The number of hydrogen-bond acceptors (Lipinski definition) is 3. The first kappa shape index (κ1) is 14.6. The van der Waals surface area contributed by atoms with E-state index in [9.17, 15) is 8.78 Å². The Morgan fingerprint density at radius 3 is 2.75 bits per heavy atom. The van der Waals surface area contributed by atoms with Crippen LogP contribution in [0.25, 0.3) is 0 Å². The molecule has 0 amide bonds. The normalized spacial score (nSPS) is 12.7. The highest BCUT2D eigenvalue weighted by atomic mass is 19.1. The maximum absolute atomic E-state index is 14.2. The average Bonchev–Trinajstić information content (AvgIpc) is 2.88. The number of hydrogen-bond donors (Lipinski definition) is 2. The van der Waals surface area contributed by atoms with Gasteiger partial charge in [0.25, 0.3) is 0 Å². The summed E-state index contributed by atoms with van der Waals surface area (Å²) in [4.78, 5) is 0. The van der Waals surface area contributed by atoms with Gasteiger partial charge in [-0.1, -0.05) is 13.0 Å². The molecule has 4 nitrogen and oxygen atoms in total. The lowest BCUT2D eigenvalue weighted by molar-refractivity contribution is 0.474. The van der Waals surface area contributed by atoms with Crippen molar-refractivity contribution in [3.63, 3.8) is 0 Å². The van der Waals surface area contributed by atoms with E-state index in [0.29, 0.717) is 17.8 Å². The second kappa shape index (κ2) is 6.11. The van der Waals surface area contributed by atoms with Crippen LogP contribution < -0.4 is 11.3 Å². The molecule has 6 heteroatoms. The molecule has 0 aliphatic rings. The summed E-state index contributed by atoms with van der Waals surface area (Å²) < 4.78 is 30.0. The van der Waals surface area contributed by atoms with Crippen molar-refractivity contribution in [3.8, 4) is 0 Å².